The number of rotatable bonds is 4. The van der Waals surface area contributed by atoms with Crippen molar-refractivity contribution < 1.29 is 19.5 Å². The second kappa shape index (κ2) is 7.55. The maximum atomic E-state index is 12.2. The van der Waals surface area contributed by atoms with E-state index in [1.165, 1.54) is 5.56 Å². The summed E-state index contributed by atoms with van der Waals surface area (Å²) < 4.78 is 0. The molecule has 134 valence electrons. The van der Waals surface area contributed by atoms with Gasteiger partial charge in [-0.25, -0.2) is 4.79 Å². The molecule has 0 aromatic heterocycles. The molecule has 1 saturated heterocycles. The van der Waals surface area contributed by atoms with Crippen LogP contribution in [0.2, 0.25) is 0 Å². The number of aliphatic carboxylic acids is 1. The van der Waals surface area contributed by atoms with E-state index >= 15 is 0 Å². The number of urea groups is 1. The molecule has 0 bridgehead atoms. The summed E-state index contributed by atoms with van der Waals surface area (Å²) in [5.41, 5.74) is 3.12. The number of amides is 2. The van der Waals surface area contributed by atoms with Gasteiger partial charge in [0.05, 0.1) is 18.2 Å². The van der Waals surface area contributed by atoms with Gasteiger partial charge in [-0.1, -0.05) is 35.0 Å². The molecule has 2 aliphatic heterocycles. The van der Waals surface area contributed by atoms with Gasteiger partial charge in [-0.3, -0.25) is 4.79 Å². The van der Waals surface area contributed by atoms with Crippen LogP contribution in [0.25, 0.3) is 0 Å². The molecular weight excluding hydrogens is 322 g/mol. The number of piperidine rings is 1. The van der Waals surface area contributed by atoms with Crippen molar-refractivity contribution in [3.8, 4) is 0 Å². The van der Waals surface area contributed by atoms with Crippen LogP contribution in [0.1, 0.15) is 30.4 Å². The van der Waals surface area contributed by atoms with Crippen LogP contribution in [0, 0.1) is 12.8 Å². The molecule has 2 heterocycles. The first-order valence-corrected chi connectivity index (χ1v) is 8.58. The second-order valence-corrected chi connectivity index (χ2v) is 6.62. The van der Waals surface area contributed by atoms with Gasteiger partial charge in [-0.05, 0) is 25.3 Å². The largest absolute Gasteiger partial charge is 0.481 e. The third-order valence-corrected chi connectivity index (χ3v) is 4.73. The van der Waals surface area contributed by atoms with Gasteiger partial charge in [0, 0.05) is 19.5 Å². The minimum Gasteiger partial charge on any atom is -0.481 e. The lowest BCUT2D eigenvalue weighted by Crippen LogP contribution is -2.47. The smallest absolute Gasteiger partial charge is 0.317 e. The highest BCUT2D eigenvalue weighted by Gasteiger charge is 2.28. The van der Waals surface area contributed by atoms with E-state index in [2.05, 4.69) is 10.5 Å². The van der Waals surface area contributed by atoms with Crippen molar-refractivity contribution >= 4 is 17.7 Å². The predicted molar refractivity (Wildman–Crippen MR) is 92.5 cm³/mol. The molecule has 0 aliphatic carbocycles. The number of benzene rings is 1. The topological polar surface area (TPSA) is 91.2 Å². The molecular formula is C18H23N3O4. The molecule has 1 aromatic carbocycles. The number of aryl methyl sites for hydroxylation is 1. The third kappa shape index (κ3) is 4.29. The number of carbonyl (C=O) groups excluding carboxylic acids is 1. The molecule has 7 nitrogen and oxygen atoms in total. The first kappa shape index (κ1) is 17.3. The lowest BCUT2D eigenvalue weighted by molar-refractivity contribution is -0.143. The zero-order valence-corrected chi connectivity index (χ0v) is 14.3. The highest BCUT2D eigenvalue weighted by molar-refractivity contribution is 6.01. The first-order valence-electron chi connectivity index (χ1n) is 8.58. The standard InChI is InChI=1S/C18H23N3O4/c1-12-2-4-13(5-3-12)16-10-15(25-20-16)11-19-18(24)21-8-6-14(7-9-21)17(22)23/h2-5,14-15H,6-11H2,1H3,(H,19,24)(H,22,23). The Morgan fingerprint density at radius 1 is 1.28 bits per heavy atom. The van der Waals surface area contributed by atoms with Crippen molar-refractivity contribution in [2.45, 2.75) is 32.3 Å². The Balaban J connectivity index is 1.42. The zero-order chi connectivity index (χ0) is 17.8. The number of nitrogens with zero attached hydrogens (tertiary/aromatic N) is 2. The monoisotopic (exact) mass is 345 g/mol. The average molecular weight is 345 g/mol. The molecule has 0 radical (unpaired) electrons. The summed E-state index contributed by atoms with van der Waals surface area (Å²) >= 11 is 0. The Labute approximate surface area is 146 Å². The summed E-state index contributed by atoms with van der Waals surface area (Å²) in [6, 6.07) is 7.94. The van der Waals surface area contributed by atoms with Crippen LogP contribution in [0.5, 0.6) is 0 Å². The number of carboxylic acids is 1. The summed E-state index contributed by atoms with van der Waals surface area (Å²) in [5, 5.41) is 16.0. The van der Waals surface area contributed by atoms with Gasteiger partial charge in [-0.2, -0.15) is 0 Å². The van der Waals surface area contributed by atoms with Crippen molar-refractivity contribution in [1.82, 2.24) is 10.2 Å². The van der Waals surface area contributed by atoms with Gasteiger partial charge in [0.2, 0.25) is 0 Å². The highest BCUT2D eigenvalue weighted by Crippen LogP contribution is 2.18. The quantitative estimate of drug-likeness (QED) is 0.873. The lowest BCUT2D eigenvalue weighted by atomic mass is 9.97. The Morgan fingerprint density at radius 2 is 1.96 bits per heavy atom. The SMILES string of the molecule is Cc1ccc(C2=NOC(CNC(=O)N3CCC(C(=O)O)CC3)C2)cc1. The van der Waals surface area contributed by atoms with E-state index < -0.39 is 5.97 Å². The van der Waals surface area contributed by atoms with Crippen LogP contribution in [0.3, 0.4) is 0 Å². The summed E-state index contributed by atoms with van der Waals surface area (Å²) in [6.07, 6.45) is 1.49. The number of carbonyl (C=O) groups is 2. The fourth-order valence-corrected chi connectivity index (χ4v) is 3.10. The van der Waals surface area contributed by atoms with Crippen molar-refractivity contribution in [2.75, 3.05) is 19.6 Å². The molecule has 2 aliphatic rings. The number of oxime groups is 1. The Bertz CT molecular complexity index is 663. The van der Waals surface area contributed by atoms with E-state index in [0.29, 0.717) is 38.9 Å². The maximum Gasteiger partial charge on any atom is 0.317 e. The molecule has 0 spiro atoms. The van der Waals surface area contributed by atoms with E-state index in [-0.39, 0.29) is 18.1 Å². The summed E-state index contributed by atoms with van der Waals surface area (Å²) in [4.78, 5) is 30.2. The van der Waals surface area contributed by atoms with Gasteiger partial charge >= 0.3 is 12.0 Å². The van der Waals surface area contributed by atoms with Crippen LogP contribution < -0.4 is 5.32 Å². The van der Waals surface area contributed by atoms with E-state index in [1.54, 1.807) is 4.90 Å². The fourth-order valence-electron chi connectivity index (χ4n) is 3.10. The Morgan fingerprint density at radius 3 is 2.60 bits per heavy atom. The maximum absolute atomic E-state index is 12.2. The predicted octanol–water partition coefficient (Wildman–Crippen LogP) is 1.99. The summed E-state index contributed by atoms with van der Waals surface area (Å²) in [7, 11) is 0. The second-order valence-electron chi connectivity index (χ2n) is 6.62. The summed E-state index contributed by atoms with van der Waals surface area (Å²) in [5.74, 6) is -1.12. The molecule has 25 heavy (non-hydrogen) atoms. The van der Waals surface area contributed by atoms with Gasteiger partial charge in [0.15, 0.2) is 6.10 Å². The van der Waals surface area contributed by atoms with Crippen molar-refractivity contribution in [2.24, 2.45) is 11.1 Å². The molecule has 0 saturated carbocycles. The van der Waals surface area contributed by atoms with E-state index in [0.717, 1.165) is 11.3 Å². The van der Waals surface area contributed by atoms with Gasteiger partial charge in [0.25, 0.3) is 0 Å². The molecule has 7 heteroatoms. The molecule has 1 unspecified atom stereocenters. The molecule has 1 aromatic rings. The Hall–Kier alpha value is -2.57. The van der Waals surface area contributed by atoms with Gasteiger partial charge in [0.1, 0.15) is 0 Å². The van der Waals surface area contributed by atoms with Crippen molar-refractivity contribution in [1.29, 1.82) is 0 Å². The van der Waals surface area contributed by atoms with Crippen LogP contribution in [0.15, 0.2) is 29.4 Å². The molecule has 2 N–H and O–H groups in total. The summed E-state index contributed by atoms with van der Waals surface area (Å²) in [6.45, 7) is 3.36. The zero-order valence-electron chi connectivity index (χ0n) is 14.3. The number of likely N-dealkylation sites (tertiary alicyclic amines) is 1. The van der Waals surface area contributed by atoms with Crippen LogP contribution in [-0.2, 0) is 9.63 Å². The van der Waals surface area contributed by atoms with E-state index in [9.17, 15) is 9.59 Å². The highest BCUT2D eigenvalue weighted by atomic mass is 16.6. The average Bonchev–Trinajstić information content (AvgIpc) is 3.09. The fraction of sp³-hybridized carbons (Fsp3) is 0.500. The minimum absolute atomic E-state index is 0.170. The van der Waals surface area contributed by atoms with Crippen molar-refractivity contribution in [3.05, 3.63) is 35.4 Å². The van der Waals surface area contributed by atoms with Gasteiger partial charge in [-0.15, -0.1) is 0 Å². The van der Waals surface area contributed by atoms with E-state index in [4.69, 9.17) is 9.94 Å². The minimum atomic E-state index is -0.778. The van der Waals surface area contributed by atoms with Crippen molar-refractivity contribution in [3.63, 3.8) is 0 Å². The number of hydrogen-bond acceptors (Lipinski definition) is 4. The molecule has 1 fully saturated rings. The lowest BCUT2D eigenvalue weighted by Gasteiger charge is -2.30. The number of nitrogens with one attached hydrogen (secondary N) is 1. The molecule has 2 amide bonds. The van der Waals surface area contributed by atoms with E-state index in [1.807, 2.05) is 31.2 Å². The van der Waals surface area contributed by atoms with Gasteiger partial charge < -0.3 is 20.2 Å². The molecule has 1 atom stereocenters. The van der Waals surface area contributed by atoms with Crippen LogP contribution in [-0.4, -0.2) is 53.5 Å². The number of hydrogen-bond donors (Lipinski definition) is 2. The Kier molecular flexibility index (Phi) is 5.21. The normalized spacial score (nSPS) is 20.8. The molecule has 3 rings (SSSR count). The first-order chi connectivity index (χ1) is 12.0. The van der Waals surface area contributed by atoms with Crippen LogP contribution >= 0.6 is 0 Å². The third-order valence-electron chi connectivity index (χ3n) is 4.73. The van der Waals surface area contributed by atoms with Crippen LogP contribution in [0.4, 0.5) is 4.79 Å². The number of carboxylic acid groups (broad SMARTS) is 1.